The summed E-state index contributed by atoms with van der Waals surface area (Å²) < 4.78 is 49.4. The molecule has 0 aliphatic rings. The molecule has 0 aliphatic carbocycles. The van der Waals surface area contributed by atoms with Crippen molar-refractivity contribution < 1.29 is 17.6 Å². The number of hydrogen-bond acceptors (Lipinski definition) is 2. The number of benzene rings is 1. The average Bonchev–Trinajstić information content (AvgIpc) is 2.22. The van der Waals surface area contributed by atoms with Gasteiger partial charge in [-0.15, -0.1) is 0 Å². The number of alkyl halides is 3. The normalized spacial score (nSPS) is 12.9. The van der Waals surface area contributed by atoms with Crippen LogP contribution in [0.25, 0.3) is 0 Å². The molecule has 1 N–H and O–H groups in total. The van der Waals surface area contributed by atoms with E-state index in [1.54, 1.807) is 0 Å². The maximum atomic E-state index is 12.8. The first kappa shape index (κ1) is 13.6. The van der Waals surface area contributed by atoms with E-state index in [1.165, 1.54) is 6.07 Å². The summed E-state index contributed by atoms with van der Waals surface area (Å²) in [6.45, 7) is -0.609. The van der Waals surface area contributed by atoms with Gasteiger partial charge in [-0.3, -0.25) is 0 Å². The molecule has 1 unspecified atom stereocenters. The fourth-order valence-corrected chi connectivity index (χ4v) is 1.24. The maximum Gasteiger partial charge on any atom is 0.406 e. The van der Waals surface area contributed by atoms with E-state index in [1.807, 2.05) is 0 Å². The molecule has 0 aliphatic heterocycles. The molecule has 0 saturated heterocycles. The average molecular weight is 267 g/mol. The Balaban J connectivity index is 2.67. The molecule has 0 radical (unpaired) electrons. The van der Waals surface area contributed by atoms with Crippen LogP contribution in [0, 0.1) is 23.1 Å². The van der Waals surface area contributed by atoms with Crippen molar-refractivity contribution in [2.45, 2.75) is 6.18 Å². The number of halogens is 5. The first-order valence-corrected chi connectivity index (χ1v) is 4.87. The second-order valence-corrected chi connectivity index (χ2v) is 3.64. The van der Waals surface area contributed by atoms with Crippen molar-refractivity contribution in [3.05, 3.63) is 29.0 Å². The lowest BCUT2D eigenvalue weighted by atomic mass is 10.1. The van der Waals surface area contributed by atoms with Gasteiger partial charge in [-0.25, -0.2) is 4.39 Å². The van der Waals surface area contributed by atoms with Gasteiger partial charge in [0, 0.05) is 12.2 Å². The fraction of sp³-hybridized carbons (Fsp3) is 0.300. The Kier molecular flexibility index (Phi) is 4.18. The molecular weight excluding hydrogens is 260 g/mol. The van der Waals surface area contributed by atoms with Gasteiger partial charge in [0.25, 0.3) is 0 Å². The molecule has 1 rings (SSSR count). The van der Waals surface area contributed by atoms with Crippen LogP contribution in [0.1, 0.15) is 0 Å². The van der Waals surface area contributed by atoms with Gasteiger partial charge in [-0.2, -0.15) is 18.4 Å². The smallest absolute Gasteiger partial charge is 0.383 e. The highest BCUT2D eigenvalue weighted by molar-refractivity contribution is 6.31. The van der Waals surface area contributed by atoms with Gasteiger partial charge < -0.3 is 5.32 Å². The van der Waals surface area contributed by atoms with Crippen LogP contribution in [0.3, 0.4) is 0 Å². The van der Waals surface area contributed by atoms with Gasteiger partial charge in [0.1, 0.15) is 5.82 Å². The summed E-state index contributed by atoms with van der Waals surface area (Å²) in [4.78, 5) is 0. The van der Waals surface area contributed by atoms with E-state index < -0.39 is 24.5 Å². The van der Waals surface area contributed by atoms with Gasteiger partial charge in [-0.1, -0.05) is 11.6 Å². The van der Waals surface area contributed by atoms with E-state index in [4.69, 9.17) is 16.9 Å². The Morgan fingerprint density at radius 2 is 2.06 bits per heavy atom. The molecule has 0 heterocycles. The first-order valence-electron chi connectivity index (χ1n) is 4.50. The lowest BCUT2D eigenvalue weighted by molar-refractivity contribution is -0.155. The number of anilines is 1. The summed E-state index contributed by atoms with van der Waals surface area (Å²) in [5.74, 6) is -2.78. The SMILES string of the molecule is N#CC(CNc1ccc(F)c(Cl)c1)C(F)(F)F. The molecule has 0 amide bonds. The first-order chi connectivity index (χ1) is 7.84. The molecule has 17 heavy (non-hydrogen) atoms. The second-order valence-electron chi connectivity index (χ2n) is 3.23. The predicted octanol–water partition coefficient (Wildman–Crippen LogP) is 3.59. The summed E-state index contributed by atoms with van der Waals surface area (Å²) in [5, 5.41) is 10.5. The molecule has 0 bridgehead atoms. The zero-order chi connectivity index (χ0) is 13.1. The predicted molar refractivity (Wildman–Crippen MR) is 55.1 cm³/mol. The maximum absolute atomic E-state index is 12.8. The monoisotopic (exact) mass is 266 g/mol. The molecular formula is C10H7ClF4N2. The summed E-state index contributed by atoms with van der Waals surface area (Å²) in [5.41, 5.74) is 0.223. The van der Waals surface area contributed by atoms with Crippen molar-refractivity contribution in [1.82, 2.24) is 0 Å². The van der Waals surface area contributed by atoms with Crippen LogP contribution in [0.15, 0.2) is 18.2 Å². The third-order valence-corrected chi connectivity index (χ3v) is 2.27. The molecule has 1 aromatic carbocycles. The van der Waals surface area contributed by atoms with Gasteiger partial charge >= 0.3 is 6.18 Å². The van der Waals surface area contributed by atoms with Crippen molar-refractivity contribution in [2.24, 2.45) is 5.92 Å². The van der Waals surface area contributed by atoms with Gasteiger partial charge in [0.15, 0.2) is 5.92 Å². The summed E-state index contributed by atoms with van der Waals surface area (Å²) >= 11 is 5.45. The minimum absolute atomic E-state index is 0.199. The number of nitrogens with zero attached hydrogens (tertiary/aromatic N) is 1. The van der Waals surface area contributed by atoms with Crippen LogP contribution >= 0.6 is 11.6 Å². The molecule has 0 spiro atoms. The molecule has 1 aromatic rings. The number of nitriles is 1. The molecule has 0 aromatic heterocycles. The van der Waals surface area contributed by atoms with Crippen LogP contribution in [0.2, 0.25) is 5.02 Å². The highest BCUT2D eigenvalue weighted by Crippen LogP contribution is 2.26. The zero-order valence-electron chi connectivity index (χ0n) is 8.35. The van der Waals surface area contributed by atoms with Crippen molar-refractivity contribution in [1.29, 1.82) is 5.26 Å². The number of hydrogen-bond donors (Lipinski definition) is 1. The van der Waals surface area contributed by atoms with Gasteiger partial charge in [-0.05, 0) is 18.2 Å². The minimum atomic E-state index is -4.59. The van der Waals surface area contributed by atoms with E-state index in [2.05, 4.69) is 5.32 Å². The fourth-order valence-electron chi connectivity index (χ4n) is 1.06. The number of rotatable bonds is 3. The molecule has 2 nitrogen and oxygen atoms in total. The second kappa shape index (κ2) is 5.23. The van der Waals surface area contributed by atoms with Crippen molar-refractivity contribution in [3.8, 4) is 6.07 Å². The molecule has 0 saturated carbocycles. The van der Waals surface area contributed by atoms with E-state index >= 15 is 0 Å². The number of nitrogens with one attached hydrogen (secondary N) is 1. The molecule has 7 heteroatoms. The molecule has 0 fully saturated rings. The van der Waals surface area contributed by atoms with Crippen LogP contribution in [-0.4, -0.2) is 12.7 Å². The minimum Gasteiger partial charge on any atom is -0.383 e. The van der Waals surface area contributed by atoms with Gasteiger partial charge in [0.05, 0.1) is 11.1 Å². The summed E-state index contributed by atoms with van der Waals surface area (Å²) in [6.07, 6.45) is -4.59. The summed E-state index contributed by atoms with van der Waals surface area (Å²) in [7, 11) is 0. The Labute approximate surface area is 99.8 Å². The Morgan fingerprint density at radius 1 is 1.41 bits per heavy atom. The highest BCUT2D eigenvalue weighted by Gasteiger charge is 2.39. The van der Waals surface area contributed by atoms with Gasteiger partial charge in [0.2, 0.25) is 0 Å². The Morgan fingerprint density at radius 3 is 2.53 bits per heavy atom. The lowest BCUT2D eigenvalue weighted by Gasteiger charge is -2.14. The van der Waals surface area contributed by atoms with Crippen molar-refractivity contribution in [2.75, 3.05) is 11.9 Å². The zero-order valence-corrected chi connectivity index (χ0v) is 9.11. The van der Waals surface area contributed by atoms with Crippen molar-refractivity contribution in [3.63, 3.8) is 0 Å². The largest absolute Gasteiger partial charge is 0.406 e. The molecule has 1 atom stereocenters. The molecule has 92 valence electrons. The third kappa shape index (κ3) is 3.79. The van der Waals surface area contributed by atoms with E-state index in [9.17, 15) is 17.6 Å². The Bertz CT molecular complexity index is 439. The van der Waals surface area contributed by atoms with Crippen molar-refractivity contribution >= 4 is 17.3 Å². The van der Waals surface area contributed by atoms with Crippen LogP contribution in [0.5, 0.6) is 0 Å². The quantitative estimate of drug-likeness (QED) is 0.849. The standard InChI is InChI=1S/C10H7ClF4N2/c11-8-3-7(1-2-9(8)12)17-5-6(4-16)10(13,14)15/h1-3,6,17H,5H2. The third-order valence-electron chi connectivity index (χ3n) is 1.98. The van der Waals surface area contributed by atoms with E-state index in [0.717, 1.165) is 18.2 Å². The highest BCUT2D eigenvalue weighted by atomic mass is 35.5. The topological polar surface area (TPSA) is 35.8 Å². The van der Waals surface area contributed by atoms with Crippen LogP contribution in [-0.2, 0) is 0 Å². The van der Waals surface area contributed by atoms with Crippen LogP contribution in [0.4, 0.5) is 23.2 Å². The lowest BCUT2D eigenvalue weighted by Crippen LogP contribution is -2.28. The van der Waals surface area contributed by atoms with Crippen LogP contribution < -0.4 is 5.32 Å². The van der Waals surface area contributed by atoms with E-state index in [-0.39, 0.29) is 10.7 Å². The summed E-state index contributed by atoms with van der Waals surface area (Å²) in [6, 6.07) is 4.57. The Hall–Kier alpha value is -1.48. The van der Waals surface area contributed by atoms with E-state index in [0.29, 0.717) is 0 Å².